The van der Waals surface area contributed by atoms with Crippen molar-refractivity contribution in [1.29, 1.82) is 0 Å². The van der Waals surface area contributed by atoms with Crippen molar-refractivity contribution >= 4 is 11.7 Å². The monoisotopic (exact) mass is 398 g/mol. The Balaban J connectivity index is 1.70. The molecule has 0 aromatic carbocycles. The van der Waals surface area contributed by atoms with Crippen LogP contribution < -0.4 is 20.3 Å². The largest absolute Gasteiger partial charge is 0.481 e. The zero-order valence-electron chi connectivity index (χ0n) is 18.1. The van der Waals surface area contributed by atoms with E-state index < -0.39 is 0 Å². The number of methoxy groups -OCH3 is 1. The quantitative estimate of drug-likeness (QED) is 0.767. The van der Waals surface area contributed by atoms with Gasteiger partial charge in [-0.3, -0.25) is 4.79 Å². The van der Waals surface area contributed by atoms with E-state index in [0.29, 0.717) is 18.5 Å². The molecule has 0 spiro atoms. The van der Waals surface area contributed by atoms with Gasteiger partial charge in [-0.1, -0.05) is 0 Å². The number of nitrogens with one attached hydrogen (secondary N) is 2. The standard InChI is InChI=1S/C21H30N6O2/c1-12-9-13(2)21(29-6)25-17(12)10-23-16-7-8-27(11-16)19-14(3)15(4)24-18(26-19)20(28)22-5/h9,16,23H,7-8,10-11H2,1-6H3,(H,22,28)/t16-/m1/s1. The zero-order chi connectivity index (χ0) is 21.1. The Bertz CT molecular complexity index is 915. The Kier molecular flexibility index (Phi) is 6.32. The van der Waals surface area contributed by atoms with Crippen molar-refractivity contribution in [2.75, 3.05) is 32.1 Å². The molecular weight excluding hydrogens is 368 g/mol. The second-order valence-electron chi connectivity index (χ2n) is 7.55. The molecular formula is C21H30N6O2. The molecule has 8 heteroatoms. The molecule has 1 fully saturated rings. The predicted octanol–water partition coefficient (Wildman–Crippen LogP) is 1.84. The lowest BCUT2D eigenvalue weighted by Gasteiger charge is -2.21. The van der Waals surface area contributed by atoms with E-state index in [1.165, 1.54) is 0 Å². The number of aromatic nitrogens is 3. The molecule has 0 radical (unpaired) electrons. The minimum Gasteiger partial charge on any atom is -0.481 e. The Morgan fingerprint density at radius 2 is 1.97 bits per heavy atom. The smallest absolute Gasteiger partial charge is 0.288 e. The molecule has 8 nitrogen and oxygen atoms in total. The highest BCUT2D eigenvalue weighted by Gasteiger charge is 2.26. The van der Waals surface area contributed by atoms with Crippen LogP contribution in [-0.2, 0) is 6.54 Å². The van der Waals surface area contributed by atoms with Crippen molar-refractivity contribution in [2.24, 2.45) is 0 Å². The maximum Gasteiger partial charge on any atom is 0.288 e. The molecule has 1 aliphatic rings. The molecule has 0 bridgehead atoms. The maximum absolute atomic E-state index is 12.0. The van der Waals surface area contributed by atoms with Gasteiger partial charge in [-0.05, 0) is 45.7 Å². The molecule has 3 rings (SSSR count). The fourth-order valence-corrected chi connectivity index (χ4v) is 3.65. The predicted molar refractivity (Wildman–Crippen MR) is 113 cm³/mol. The van der Waals surface area contributed by atoms with E-state index >= 15 is 0 Å². The summed E-state index contributed by atoms with van der Waals surface area (Å²) >= 11 is 0. The van der Waals surface area contributed by atoms with Crippen molar-refractivity contribution in [3.63, 3.8) is 0 Å². The van der Waals surface area contributed by atoms with Crippen LogP contribution in [0.5, 0.6) is 5.88 Å². The van der Waals surface area contributed by atoms with Crippen LogP contribution in [-0.4, -0.2) is 54.1 Å². The van der Waals surface area contributed by atoms with Crippen molar-refractivity contribution in [3.05, 3.63) is 40.0 Å². The zero-order valence-corrected chi connectivity index (χ0v) is 18.1. The SMILES string of the molecule is CNC(=O)c1nc(C)c(C)c(N2CC[C@@H](NCc3nc(OC)c(C)cc3C)C2)n1. The van der Waals surface area contributed by atoms with Crippen molar-refractivity contribution in [1.82, 2.24) is 25.6 Å². The summed E-state index contributed by atoms with van der Waals surface area (Å²) in [6.07, 6.45) is 1.000. The third-order valence-corrected chi connectivity index (χ3v) is 5.50. The van der Waals surface area contributed by atoms with Gasteiger partial charge in [0.25, 0.3) is 5.91 Å². The summed E-state index contributed by atoms with van der Waals surface area (Å²) in [4.78, 5) is 27.7. The van der Waals surface area contributed by atoms with Crippen LogP contribution in [0.3, 0.4) is 0 Å². The number of carbonyl (C=O) groups excluding carboxylic acids is 1. The van der Waals surface area contributed by atoms with Crippen molar-refractivity contribution in [2.45, 2.75) is 46.7 Å². The van der Waals surface area contributed by atoms with E-state index in [1.807, 2.05) is 20.8 Å². The van der Waals surface area contributed by atoms with Crippen LogP contribution in [0.4, 0.5) is 5.82 Å². The third-order valence-electron chi connectivity index (χ3n) is 5.50. The highest BCUT2D eigenvalue weighted by atomic mass is 16.5. The average molecular weight is 399 g/mol. The fraction of sp³-hybridized carbons (Fsp3) is 0.524. The first kappa shape index (κ1) is 21.0. The van der Waals surface area contributed by atoms with E-state index in [1.54, 1.807) is 14.2 Å². The second-order valence-corrected chi connectivity index (χ2v) is 7.55. The average Bonchev–Trinajstić information content (AvgIpc) is 3.17. The minimum atomic E-state index is -0.266. The molecule has 3 heterocycles. The molecule has 2 aromatic heterocycles. The number of carbonyl (C=O) groups is 1. The fourth-order valence-electron chi connectivity index (χ4n) is 3.65. The second kappa shape index (κ2) is 8.73. The number of aryl methyl sites for hydroxylation is 3. The van der Waals surface area contributed by atoms with Crippen molar-refractivity contribution in [3.8, 4) is 5.88 Å². The number of anilines is 1. The van der Waals surface area contributed by atoms with Gasteiger partial charge < -0.3 is 20.3 Å². The van der Waals surface area contributed by atoms with Crippen LogP contribution in [0.25, 0.3) is 0 Å². The molecule has 0 aliphatic carbocycles. The number of ether oxygens (including phenoxy) is 1. The highest BCUT2D eigenvalue weighted by molar-refractivity contribution is 5.90. The molecule has 2 aromatic rings. The number of hydrogen-bond donors (Lipinski definition) is 2. The van der Waals surface area contributed by atoms with E-state index in [2.05, 4.69) is 43.5 Å². The minimum absolute atomic E-state index is 0.216. The topological polar surface area (TPSA) is 92.3 Å². The van der Waals surface area contributed by atoms with Gasteiger partial charge in [0.05, 0.1) is 12.8 Å². The summed E-state index contributed by atoms with van der Waals surface area (Å²) in [5.41, 5.74) is 5.04. The third kappa shape index (κ3) is 4.48. The molecule has 2 N–H and O–H groups in total. The highest BCUT2D eigenvalue weighted by Crippen LogP contribution is 2.24. The molecule has 1 aliphatic heterocycles. The molecule has 1 atom stereocenters. The summed E-state index contributed by atoms with van der Waals surface area (Å²) < 4.78 is 5.36. The van der Waals surface area contributed by atoms with Gasteiger partial charge >= 0.3 is 0 Å². The molecule has 29 heavy (non-hydrogen) atoms. The van der Waals surface area contributed by atoms with Crippen LogP contribution in [0, 0.1) is 27.7 Å². The van der Waals surface area contributed by atoms with Gasteiger partial charge in [0.15, 0.2) is 0 Å². The molecule has 0 unspecified atom stereocenters. The molecule has 156 valence electrons. The van der Waals surface area contributed by atoms with Crippen molar-refractivity contribution < 1.29 is 9.53 Å². The number of nitrogens with zero attached hydrogens (tertiary/aromatic N) is 4. The Labute approximate surface area is 172 Å². The summed E-state index contributed by atoms with van der Waals surface area (Å²) in [7, 11) is 3.24. The first-order valence-corrected chi connectivity index (χ1v) is 9.90. The number of rotatable bonds is 6. The van der Waals surface area contributed by atoms with Gasteiger partial charge in [0, 0.05) is 49.5 Å². The van der Waals surface area contributed by atoms with E-state index in [4.69, 9.17) is 4.74 Å². The first-order valence-electron chi connectivity index (χ1n) is 9.90. The lowest BCUT2D eigenvalue weighted by molar-refractivity contribution is 0.0952. The van der Waals surface area contributed by atoms with Crippen LogP contribution in [0.2, 0.25) is 0 Å². The lowest BCUT2D eigenvalue weighted by atomic mass is 10.1. The van der Waals surface area contributed by atoms with Gasteiger partial charge in [-0.2, -0.15) is 0 Å². The summed E-state index contributed by atoms with van der Waals surface area (Å²) in [6.45, 7) is 10.4. The summed E-state index contributed by atoms with van der Waals surface area (Å²) in [6, 6.07) is 2.43. The summed E-state index contributed by atoms with van der Waals surface area (Å²) in [5, 5.41) is 6.21. The van der Waals surface area contributed by atoms with Gasteiger partial charge in [-0.25, -0.2) is 15.0 Å². The number of hydrogen-bond acceptors (Lipinski definition) is 7. The summed E-state index contributed by atoms with van der Waals surface area (Å²) in [5.74, 6) is 1.47. The maximum atomic E-state index is 12.0. The lowest BCUT2D eigenvalue weighted by Crippen LogP contribution is -2.33. The number of amides is 1. The van der Waals surface area contributed by atoms with Gasteiger partial charge in [0.2, 0.25) is 11.7 Å². The molecule has 1 saturated heterocycles. The number of pyridine rings is 1. The molecule has 1 amide bonds. The van der Waals surface area contributed by atoms with Crippen LogP contribution >= 0.6 is 0 Å². The van der Waals surface area contributed by atoms with E-state index in [9.17, 15) is 4.79 Å². The Morgan fingerprint density at radius 3 is 2.66 bits per heavy atom. The van der Waals surface area contributed by atoms with Crippen LogP contribution in [0.15, 0.2) is 6.07 Å². The Hall–Kier alpha value is -2.74. The normalized spacial score (nSPS) is 16.2. The van der Waals surface area contributed by atoms with E-state index in [-0.39, 0.29) is 11.7 Å². The Morgan fingerprint density at radius 1 is 1.21 bits per heavy atom. The van der Waals surface area contributed by atoms with Gasteiger partial charge in [-0.15, -0.1) is 0 Å². The van der Waals surface area contributed by atoms with E-state index in [0.717, 1.165) is 53.4 Å². The van der Waals surface area contributed by atoms with Gasteiger partial charge in [0.1, 0.15) is 5.82 Å². The first-order chi connectivity index (χ1) is 13.8. The molecule has 0 saturated carbocycles. The van der Waals surface area contributed by atoms with Crippen LogP contribution in [0.1, 0.15) is 45.1 Å².